The molecule has 1 fully saturated rings. The van der Waals surface area contributed by atoms with Gasteiger partial charge in [-0.2, -0.15) is 0 Å². The summed E-state index contributed by atoms with van der Waals surface area (Å²) in [4.78, 5) is 47.9. The summed E-state index contributed by atoms with van der Waals surface area (Å²) >= 11 is 6.23. The Morgan fingerprint density at radius 1 is 1.05 bits per heavy atom. The number of aromatic amines is 1. The molecule has 0 bridgehead atoms. The number of aliphatic carboxylic acids is 1. The van der Waals surface area contributed by atoms with E-state index in [9.17, 15) is 38.3 Å². The average Bonchev–Trinajstić information content (AvgIpc) is 3.72. The maximum absolute atomic E-state index is 13.9. The molecule has 332 valence electrons. The number of amides is 1. The Balaban J connectivity index is 1.10. The first-order chi connectivity index (χ1) is 30.1. The second-order valence-electron chi connectivity index (χ2n) is 16.8. The van der Waals surface area contributed by atoms with Gasteiger partial charge in [-0.25, -0.2) is 18.1 Å². The number of sulfonamides is 1. The number of aromatic nitrogens is 2. The number of allylic oxidation sites excluding steroid dienone is 1. The summed E-state index contributed by atoms with van der Waals surface area (Å²) in [6.07, 6.45) is 6.21. The van der Waals surface area contributed by atoms with Crippen molar-refractivity contribution in [2.45, 2.75) is 50.8 Å². The number of nitrogens with zero attached hydrogens (tertiary/aromatic N) is 4. The van der Waals surface area contributed by atoms with Crippen LogP contribution in [0.1, 0.15) is 61.9 Å². The number of aliphatic hydroxyl groups excluding tert-OH is 1. The van der Waals surface area contributed by atoms with Crippen molar-refractivity contribution < 1.29 is 37.9 Å². The minimum atomic E-state index is -4.67. The van der Waals surface area contributed by atoms with E-state index in [1.54, 1.807) is 24.4 Å². The molecular formula is C45H50ClN7O9S. The molecule has 63 heavy (non-hydrogen) atoms. The predicted molar refractivity (Wildman–Crippen MR) is 241 cm³/mol. The summed E-state index contributed by atoms with van der Waals surface area (Å²) in [5.41, 5.74) is 4.89. The molecule has 5 aromatic rings. The Morgan fingerprint density at radius 2 is 1.81 bits per heavy atom. The zero-order valence-electron chi connectivity index (χ0n) is 35.0. The van der Waals surface area contributed by atoms with Gasteiger partial charge in [0.25, 0.3) is 21.6 Å². The molecular weight excluding hydrogens is 850 g/mol. The third kappa shape index (κ3) is 11.1. The van der Waals surface area contributed by atoms with Crippen LogP contribution in [0, 0.1) is 21.4 Å². The van der Waals surface area contributed by atoms with Crippen LogP contribution in [0.2, 0.25) is 5.02 Å². The lowest BCUT2D eigenvalue weighted by Gasteiger charge is -2.39. The van der Waals surface area contributed by atoms with Crippen molar-refractivity contribution in [1.29, 1.82) is 0 Å². The number of H-pyrrole nitrogens is 1. The fourth-order valence-corrected chi connectivity index (χ4v) is 9.27. The molecule has 1 saturated heterocycles. The minimum Gasteiger partial charge on any atom is -0.481 e. The molecule has 2 aliphatic rings. The van der Waals surface area contributed by atoms with E-state index in [0.717, 1.165) is 62.1 Å². The number of rotatable bonds is 17. The van der Waals surface area contributed by atoms with E-state index >= 15 is 0 Å². The SMILES string of the molecule is CC1(C)CCC(CN2CCN(c3ccc(C(=O)NS(=O)(=O)c4ccc(NCC(CCO)CC(=O)O)c([N+](=O)[O-])c4)c(Oc4cnc5[nH]ccc5c4)c3)CC2)=C(c2ccc(Cl)cc2)C1. The van der Waals surface area contributed by atoms with Gasteiger partial charge in [0.05, 0.1) is 21.6 Å². The highest BCUT2D eigenvalue weighted by molar-refractivity contribution is 7.90. The molecule has 1 amide bonds. The molecule has 3 aromatic carbocycles. The number of nitro groups is 1. The number of carbonyl (C=O) groups excluding carboxylic acids is 1. The second-order valence-corrected chi connectivity index (χ2v) is 18.9. The lowest BCUT2D eigenvalue weighted by molar-refractivity contribution is -0.384. The number of carbonyl (C=O) groups is 2. The summed E-state index contributed by atoms with van der Waals surface area (Å²) in [5, 5.41) is 34.8. The lowest BCUT2D eigenvalue weighted by Crippen LogP contribution is -2.47. The summed E-state index contributed by atoms with van der Waals surface area (Å²) < 4.78 is 35.6. The number of ether oxygens (including phenoxy) is 1. The molecule has 7 rings (SSSR count). The number of hydrogen-bond donors (Lipinski definition) is 5. The zero-order chi connectivity index (χ0) is 44.9. The number of nitrogens with one attached hydrogen (secondary N) is 3. The molecule has 1 aliphatic heterocycles. The molecule has 0 spiro atoms. The molecule has 1 unspecified atom stereocenters. The molecule has 5 N–H and O–H groups in total. The van der Waals surface area contributed by atoms with Gasteiger partial charge in [0.1, 0.15) is 22.8 Å². The van der Waals surface area contributed by atoms with Gasteiger partial charge >= 0.3 is 5.97 Å². The van der Waals surface area contributed by atoms with E-state index in [0.29, 0.717) is 29.5 Å². The van der Waals surface area contributed by atoms with Crippen LogP contribution in [-0.4, -0.2) is 96.2 Å². The van der Waals surface area contributed by atoms with Crippen LogP contribution in [0.5, 0.6) is 11.5 Å². The van der Waals surface area contributed by atoms with E-state index < -0.39 is 43.3 Å². The monoisotopic (exact) mass is 899 g/mol. The van der Waals surface area contributed by atoms with E-state index in [1.165, 1.54) is 35.0 Å². The van der Waals surface area contributed by atoms with Crippen LogP contribution in [-0.2, 0) is 14.8 Å². The normalized spacial score (nSPS) is 16.2. The van der Waals surface area contributed by atoms with Crippen LogP contribution in [0.4, 0.5) is 17.1 Å². The van der Waals surface area contributed by atoms with Crippen molar-refractivity contribution >= 4 is 67.2 Å². The van der Waals surface area contributed by atoms with Crippen molar-refractivity contribution in [1.82, 2.24) is 19.6 Å². The van der Waals surface area contributed by atoms with Crippen molar-refractivity contribution in [3.63, 3.8) is 0 Å². The van der Waals surface area contributed by atoms with Gasteiger partial charge < -0.3 is 30.2 Å². The number of piperazine rings is 1. The van der Waals surface area contributed by atoms with E-state index in [1.807, 2.05) is 22.9 Å². The van der Waals surface area contributed by atoms with E-state index in [2.05, 4.69) is 51.1 Å². The number of carboxylic acid groups (broad SMARTS) is 1. The number of halogens is 1. The quantitative estimate of drug-likeness (QED) is 0.0447. The maximum atomic E-state index is 13.9. The minimum absolute atomic E-state index is 0.0274. The van der Waals surface area contributed by atoms with Crippen molar-refractivity contribution in [3.05, 3.63) is 117 Å². The maximum Gasteiger partial charge on any atom is 0.303 e. The van der Waals surface area contributed by atoms with E-state index in [4.69, 9.17) is 16.3 Å². The topological polar surface area (TPSA) is 220 Å². The predicted octanol–water partition coefficient (Wildman–Crippen LogP) is 7.71. The van der Waals surface area contributed by atoms with Gasteiger partial charge in [0, 0.05) is 86.7 Å². The molecule has 0 radical (unpaired) electrons. The van der Waals surface area contributed by atoms with Crippen LogP contribution in [0.15, 0.2) is 95.7 Å². The van der Waals surface area contributed by atoms with Gasteiger partial charge in [0.15, 0.2) is 0 Å². The first-order valence-electron chi connectivity index (χ1n) is 20.7. The van der Waals surface area contributed by atoms with Crippen LogP contribution >= 0.6 is 11.6 Å². The molecule has 1 aliphatic carbocycles. The summed E-state index contributed by atoms with van der Waals surface area (Å²) in [6.45, 7) is 8.14. The molecule has 1 atom stereocenters. The summed E-state index contributed by atoms with van der Waals surface area (Å²) in [5.74, 6) is -2.28. The first-order valence-corrected chi connectivity index (χ1v) is 22.5. The van der Waals surface area contributed by atoms with Gasteiger partial charge in [-0.3, -0.25) is 24.6 Å². The Bertz CT molecular complexity index is 2640. The number of pyridine rings is 1. The highest BCUT2D eigenvalue weighted by Crippen LogP contribution is 2.43. The molecule has 18 heteroatoms. The van der Waals surface area contributed by atoms with Crippen molar-refractivity contribution in [3.8, 4) is 11.5 Å². The molecule has 0 saturated carbocycles. The largest absolute Gasteiger partial charge is 0.481 e. The highest BCUT2D eigenvalue weighted by Gasteiger charge is 2.31. The third-order valence-corrected chi connectivity index (χ3v) is 13.2. The fourth-order valence-electron chi connectivity index (χ4n) is 8.16. The van der Waals surface area contributed by atoms with Gasteiger partial charge in [-0.1, -0.05) is 43.2 Å². The summed E-state index contributed by atoms with van der Waals surface area (Å²) in [6, 6.07) is 19.7. The van der Waals surface area contributed by atoms with Crippen LogP contribution in [0.3, 0.4) is 0 Å². The van der Waals surface area contributed by atoms with Crippen LogP contribution in [0.25, 0.3) is 16.6 Å². The van der Waals surface area contributed by atoms with Gasteiger partial charge in [0.2, 0.25) is 0 Å². The first kappa shape index (κ1) is 45.0. The van der Waals surface area contributed by atoms with Gasteiger partial charge in [-0.05, 0) is 96.7 Å². The molecule has 2 aromatic heterocycles. The van der Waals surface area contributed by atoms with Crippen LogP contribution < -0.4 is 19.7 Å². The van der Waals surface area contributed by atoms with Crippen molar-refractivity contribution in [2.75, 3.05) is 56.1 Å². The smallest absolute Gasteiger partial charge is 0.303 e. The average molecular weight is 900 g/mol. The lowest BCUT2D eigenvalue weighted by atomic mass is 9.72. The Hall–Kier alpha value is -6.01. The fraction of sp³-hybridized carbons (Fsp3) is 0.356. The Labute approximate surface area is 370 Å². The zero-order valence-corrected chi connectivity index (χ0v) is 36.5. The second kappa shape index (κ2) is 19.2. The highest BCUT2D eigenvalue weighted by atomic mass is 35.5. The standard InChI is InChI=1S/C45H50ClN7O9S/c1-45(2)14-11-32(38(25-45)30-3-5-33(46)6-4-30)28-51-16-18-52(19-17-51)34-7-9-37(41(23-34)62-35-22-31-12-15-47-43(31)49-27-35)44(57)50-63(60,61)36-8-10-39(40(24-36)53(58)59)48-26-29(13-20-54)21-42(55)56/h3-10,12,15,22-24,27,29,48,54H,11,13-14,16-21,25-26,28H2,1-2H3,(H,47,49)(H,50,57)(H,55,56). The third-order valence-electron chi connectivity index (χ3n) is 11.6. The Kier molecular flexibility index (Phi) is 13.7. The number of hydrogen-bond acceptors (Lipinski definition) is 12. The number of aliphatic hydroxyl groups is 1. The van der Waals surface area contributed by atoms with Gasteiger partial charge in [-0.15, -0.1) is 0 Å². The molecule has 3 heterocycles. The number of carboxylic acids is 1. The number of nitro benzene ring substituents is 1. The molecule has 16 nitrogen and oxygen atoms in total. The van der Waals surface area contributed by atoms with E-state index in [-0.39, 0.29) is 48.4 Å². The number of benzene rings is 3. The van der Waals surface area contributed by atoms with Crippen molar-refractivity contribution in [2.24, 2.45) is 11.3 Å². The number of anilines is 2. The summed E-state index contributed by atoms with van der Waals surface area (Å²) in [7, 11) is -4.67. The Morgan fingerprint density at radius 3 is 2.52 bits per heavy atom. The number of fused-ring (bicyclic) bond motifs is 1.